The quantitative estimate of drug-likeness (QED) is 0.268. The van der Waals surface area contributed by atoms with E-state index in [4.69, 9.17) is 14.5 Å². The van der Waals surface area contributed by atoms with Crippen molar-refractivity contribution in [2.75, 3.05) is 19.8 Å². The first kappa shape index (κ1) is 29.3. The van der Waals surface area contributed by atoms with Crippen molar-refractivity contribution in [3.8, 4) is 5.75 Å². The molecule has 0 saturated carbocycles. The highest BCUT2D eigenvalue weighted by Crippen LogP contribution is 2.59. The number of para-hydroxylation sites is 1. The van der Waals surface area contributed by atoms with Gasteiger partial charge in [0.1, 0.15) is 10.6 Å². The van der Waals surface area contributed by atoms with Crippen molar-refractivity contribution in [1.29, 1.82) is 0 Å². The van der Waals surface area contributed by atoms with E-state index in [0.29, 0.717) is 28.3 Å². The number of alkyl halides is 3. The first-order valence-corrected chi connectivity index (χ1v) is 14.8. The number of aromatic nitrogens is 4. The number of pyridine rings is 2. The molecule has 1 atom stereocenters. The molecule has 6 rings (SSSR count). The van der Waals surface area contributed by atoms with Crippen molar-refractivity contribution >= 4 is 22.4 Å². The van der Waals surface area contributed by atoms with Gasteiger partial charge in [0.25, 0.3) is 0 Å². The Hall–Kier alpha value is -3.76. The van der Waals surface area contributed by atoms with Gasteiger partial charge in [0.15, 0.2) is 11.2 Å². The molecule has 3 N–H and O–H groups in total. The number of aliphatic carboxylic acids is 1. The Labute approximate surface area is 245 Å². The molecule has 3 aromatic heterocycles. The van der Waals surface area contributed by atoms with Crippen LogP contribution in [0.3, 0.4) is 0 Å². The average Bonchev–Trinajstić information content (AvgIpc) is 3.34. The van der Waals surface area contributed by atoms with E-state index < -0.39 is 46.7 Å². The van der Waals surface area contributed by atoms with Crippen LogP contribution in [0.5, 0.6) is 5.75 Å². The van der Waals surface area contributed by atoms with E-state index in [0.717, 1.165) is 9.96 Å². The fourth-order valence-corrected chi connectivity index (χ4v) is 7.16. The van der Waals surface area contributed by atoms with E-state index in [-0.39, 0.29) is 36.8 Å². The number of halogens is 3. The summed E-state index contributed by atoms with van der Waals surface area (Å²) in [6.45, 7) is 4.03. The standard InChI is InChI=1S/C28H28F3N5O6S/c1-16-7-8-20(19(11-24(37)38)18-9-10-36-25(17(18)2)33-34-26(36)28(29,30)31)32-21(16)12-35-13-27(14-41-15-27)42-22-5-3-4-6-23(22)43(35,39)40/h3-10,19,39-40H,11-15H2,1-2H3,(H,37,38). The van der Waals surface area contributed by atoms with Gasteiger partial charge in [-0.2, -0.15) is 17.5 Å². The number of carboxylic acids is 1. The van der Waals surface area contributed by atoms with Crippen LogP contribution in [-0.2, 0) is 22.3 Å². The minimum Gasteiger partial charge on any atom is -0.481 e. The molecule has 228 valence electrons. The van der Waals surface area contributed by atoms with Crippen molar-refractivity contribution in [1.82, 2.24) is 23.9 Å². The molecule has 5 heterocycles. The number of aryl methyl sites for hydroxylation is 2. The van der Waals surface area contributed by atoms with Crippen molar-refractivity contribution in [3.05, 3.63) is 82.6 Å². The molecule has 0 bridgehead atoms. The summed E-state index contributed by atoms with van der Waals surface area (Å²) in [5.41, 5.74) is 1.50. The first-order chi connectivity index (χ1) is 20.3. The van der Waals surface area contributed by atoms with E-state index in [1.54, 1.807) is 50.2 Å². The van der Waals surface area contributed by atoms with E-state index in [1.165, 1.54) is 16.6 Å². The molecule has 2 aliphatic rings. The zero-order valence-electron chi connectivity index (χ0n) is 23.1. The van der Waals surface area contributed by atoms with Gasteiger partial charge >= 0.3 is 12.1 Å². The van der Waals surface area contributed by atoms with Crippen LogP contribution in [0, 0.1) is 13.8 Å². The summed E-state index contributed by atoms with van der Waals surface area (Å²) in [5.74, 6) is -2.79. The number of benzene rings is 1. The maximum Gasteiger partial charge on any atom is 0.452 e. The summed E-state index contributed by atoms with van der Waals surface area (Å²) < 4.78 is 77.2. The Morgan fingerprint density at radius 2 is 1.86 bits per heavy atom. The highest BCUT2D eigenvalue weighted by Gasteiger charge is 2.49. The Morgan fingerprint density at radius 1 is 1.12 bits per heavy atom. The second kappa shape index (κ2) is 10.4. The highest BCUT2D eigenvalue weighted by atomic mass is 32.3. The van der Waals surface area contributed by atoms with Crippen LogP contribution in [-0.4, -0.2) is 69.4 Å². The molecule has 1 saturated heterocycles. The van der Waals surface area contributed by atoms with E-state index in [2.05, 4.69) is 10.2 Å². The molecule has 1 spiro atoms. The molecule has 0 radical (unpaired) electrons. The third-order valence-electron chi connectivity index (χ3n) is 7.81. The summed E-state index contributed by atoms with van der Waals surface area (Å²) in [6.07, 6.45) is -3.94. The van der Waals surface area contributed by atoms with Crippen LogP contribution in [0.25, 0.3) is 5.65 Å². The fourth-order valence-electron chi connectivity index (χ4n) is 5.53. The normalized spacial score (nSPS) is 19.2. The molecule has 11 nitrogen and oxygen atoms in total. The topological polar surface area (TPSA) is 143 Å². The minimum atomic E-state index is -4.72. The molecule has 1 fully saturated rings. The van der Waals surface area contributed by atoms with E-state index >= 15 is 0 Å². The average molecular weight is 620 g/mol. The van der Waals surface area contributed by atoms with Crippen LogP contribution in [0.1, 0.15) is 46.2 Å². The van der Waals surface area contributed by atoms with Gasteiger partial charge in [-0.15, -0.1) is 21.0 Å². The highest BCUT2D eigenvalue weighted by molar-refractivity contribution is 8.22. The van der Waals surface area contributed by atoms with Crippen molar-refractivity contribution in [2.24, 2.45) is 0 Å². The third-order valence-corrected chi connectivity index (χ3v) is 9.71. The molecule has 1 unspecified atom stereocenters. The van der Waals surface area contributed by atoms with Crippen LogP contribution in [0.15, 0.2) is 53.6 Å². The monoisotopic (exact) mass is 619 g/mol. The number of hydrogen-bond acceptors (Lipinski definition) is 9. The van der Waals surface area contributed by atoms with E-state index in [1.807, 2.05) is 0 Å². The van der Waals surface area contributed by atoms with Crippen molar-refractivity contribution < 1.29 is 41.7 Å². The second-order valence-corrected chi connectivity index (χ2v) is 12.8. The molecule has 2 aliphatic heterocycles. The maximum absolute atomic E-state index is 13.4. The molecule has 4 aromatic rings. The Kier molecular flexibility index (Phi) is 7.12. The molecular weight excluding hydrogens is 591 g/mol. The predicted octanol–water partition coefficient (Wildman–Crippen LogP) is 5.05. The van der Waals surface area contributed by atoms with Gasteiger partial charge in [0.05, 0.1) is 38.4 Å². The van der Waals surface area contributed by atoms with Crippen molar-refractivity contribution in [2.45, 2.75) is 49.4 Å². The zero-order valence-corrected chi connectivity index (χ0v) is 23.9. The number of fused-ring (bicyclic) bond motifs is 2. The van der Waals surface area contributed by atoms with Crippen molar-refractivity contribution in [3.63, 3.8) is 0 Å². The lowest BCUT2D eigenvalue weighted by Gasteiger charge is -2.46. The number of nitrogens with zero attached hydrogens (tertiary/aromatic N) is 5. The van der Waals surface area contributed by atoms with Gasteiger partial charge in [0, 0.05) is 17.8 Å². The second-order valence-electron chi connectivity index (χ2n) is 10.8. The largest absolute Gasteiger partial charge is 0.481 e. The molecule has 43 heavy (non-hydrogen) atoms. The van der Waals surface area contributed by atoms with Crippen LogP contribution >= 0.6 is 10.8 Å². The number of carboxylic acid groups (broad SMARTS) is 1. The van der Waals surface area contributed by atoms with Crippen LogP contribution in [0.2, 0.25) is 0 Å². The minimum absolute atomic E-state index is 0.00161. The van der Waals surface area contributed by atoms with Gasteiger partial charge in [-0.05, 0) is 54.8 Å². The molecule has 1 aromatic carbocycles. The Bertz CT molecular complexity index is 1730. The third kappa shape index (κ3) is 5.20. The number of ether oxygens (including phenoxy) is 2. The van der Waals surface area contributed by atoms with E-state index in [9.17, 15) is 32.2 Å². The molecule has 0 amide bonds. The number of carbonyl (C=O) groups is 1. The summed E-state index contributed by atoms with van der Waals surface area (Å²) in [6, 6.07) is 11.6. The zero-order chi connectivity index (χ0) is 30.7. The Morgan fingerprint density at radius 3 is 2.53 bits per heavy atom. The van der Waals surface area contributed by atoms with Gasteiger partial charge in [0.2, 0.25) is 5.82 Å². The lowest BCUT2D eigenvalue weighted by molar-refractivity contribution is -0.165. The molecule has 15 heteroatoms. The number of rotatable bonds is 6. The predicted molar refractivity (Wildman–Crippen MR) is 148 cm³/mol. The maximum atomic E-state index is 13.4. The van der Waals surface area contributed by atoms with Gasteiger partial charge < -0.3 is 14.6 Å². The van der Waals surface area contributed by atoms with Gasteiger partial charge in [-0.1, -0.05) is 18.2 Å². The summed E-state index contributed by atoms with van der Waals surface area (Å²) in [5, 5.41) is 16.8. The summed E-state index contributed by atoms with van der Waals surface area (Å²) in [7, 11) is -3.52. The first-order valence-electron chi connectivity index (χ1n) is 13.3. The lowest BCUT2D eigenvalue weighted by Crippen LogP contribution is -2.60. The Balaban J connectivity index is 1.40. The molecule has 0 aliphatic carbocycles. The SMILES string of the molecule is Cc1ccc(C(CC(=O)O)c2ccn3c(C(F)(F)F)nnc3c2C)nc1CN1CC2(COC2)Oc2ccccc2S1(O)O. The van der Waals surface area contributed by atoms with Crippen LogP contribution < -0.4 is 4.74 Å². The van der Waals surface area contributed by atoms with Gasteiger partial charge in [-0.25, -0.2) is 0 Å². The summed E-state index contributed by atoms with van der Waals surface area (Å²) >= 11 is 0. The van der Waals surface area contributed by atoms with Gasteiger partial charge in [-0.3, -0.25) is 23.3 Å². The fraction of sp³-hybridized carbons (Fsp3) is 0.357. The lowest BCUT2D eigenvalue weighted by atomic mass is 9.89. The summed E-state index contributed by atoms with van der Waals surface area (Å²) in [4.78, 5) is 17.0. The molecular formula is C28H28F3N5O6S. The van der Waals surface area contributed by atoms with Crippen LogP contribution in [0.4, 0.5) is 13.2 Å². The smallest absolute Gasteiger partial charge is 0.452 e. The number of hydrogen-bond donors (Lipinski definition) is 3.